The van der Waals surface area contributed by atoms with Crippen LogP contribution in [0.15, 0.2) is 0 Å². The monoisotopic (exact) mass is 239 g/mol. The van der Waals surface area contributed by atoms with E-state index in [0.717, 1.165) is 11.8 Å². The highest BCUT2D eigenvalue weighted by Gasteiger charge is 2.31. The van der Waals surface area contributed by atoms with Gasteiger partial charge < -0.3 is 9.64 Å². The SMILES string of the molecule is CCC1CC(OC2CCN(CC(C)C)CC2)C1. The molecule has 2 rings (SSSR count). The normalized spacial score (nSPS) is 31.8. The molecule has 0 bridgehead atoms. The highest BCUT2D eigenvalue weighted by Crippen LogP contribution is 2.34. The van der Waals surface area contributed by atoms with Crippen LogP contribution in [-0.2, 0) is 4.74 Å². The second kappa shape index (κ2) is 6.19. The van der Waals surface area contributed by atoms with Crippen molar-refractivity contribution in [3.63, 3.8) is 0 Å². The minimum Gasteiger partial charge on any atom is -0.375 e. The molecule has 0 aromatic carbocycles. The van der Waals surface area contributed by atoms with E-state index in [2.05, 4.69) is 25.7 Å². The number of ether oxygens (including phenoxy) is 1. The third-order valence-electron chi connectivity index (χ3n) is 4.31. The molecule has 17 heavy (non-hydrogen) atoms. The average molecular weight is 239 g/mol. The van der Waals surface area contributed by atoms with Crippen molar-refractivity contribution in [1.82, 2.24) is 4.90 Å². The van der Waals surface area contributed by atoms with Gasteiger partial charge in [-0.25, -0.2) is 0 Å². The molecule has 0 radical (unpaired) electrons. The fourth-order valence-electron chi connectivity index (χ4n) is 3.14. The number of likely N-dealkylation sites (tertiary alicyclic amines) is 1. The minimum atomic E-state index is 0.557. The highest BCUT2D eigenvalue weighted by atomic mass is 16.5. The van der Waals surface area contributed by atoms with Crippen molar-refractivity contribution in [2.75, 3.05) is 19.6 Å². The molecule has 100 valence electrons. The van der Waals surface area contributed by atoms with Crippen LogP contribution < -0.4 is 0 Å². The van der Waals surface area contributed by atoms with Gasteiger partial charge >= 0.3 is 0 Å². The summed E-state index contributed by atoms with van der Waals surface area (Å²) in [6.45, 7) is 10.7. The smallest absolute Gasteiger partial charge is 0.0603 e. The lowest BCUT2D eigenvalue weighted by atomic mass is 9.80. The third kappa shape index (κ3) is 3.96. The van der Waals surface area contributed by atoms with Gasteiger partial charge in [0.15, 0.2) is 0 Å². The van der Waals surface area contributed by atoms with Gasteiger partial charge in [0, 0.05) is 19.6 Å². The molecule has 0 atom stereocenters. The van der Waals surface area contributed by atoms with Crippen LogP contribution in [0.2, 0.25) is 0 Å². The van der Waals surface area contributed by atoms with E-state index in [-0.39, 0.29) is 0 Å². The summed E-state index contributed by atoms with van der Waals surface area (Å²) >= 11 is 0. The molecule has 0 spiro atoms. The van der Waals surface area contributed by atoms with E-state index >= 15 is 0 Å². The van der Waals surface area contributed by atoms with Crippen LogP contribution in [0, 0.1) is 11.8 Å². The van der Waals surface area contributed by atoms with E-state index in [1.165, 1.54) is 51.7 Å². The van der Waals surface area contributed by atoms with Crippen molar-refractivity contribution in [3.05, 3.63) is 0 Å². The van der Waals surface area contributed by atoms with Gasteiger partial charge in [0.2, 0.25) is 0 Å². The molecule has 1 saturated carbocycles. The maximum absolute atomic E-state index is 6.19. The Balaban J connectivity index is 1.60. The van der Waals surface area contributed by atoms with Crippen molar-refractivity contribution in [2.24, 2.45) is 11.8 Å². The summed E-state index contributed by atoms with van der Waals surface area (Å²) in [6.07, 6.45) is 7.64. The van der Waals surface area contributed by atoms with Gasteiger partial charge in [0.25, 0.3) is 0 Å². The summed E-state index contributed by atoms with van der Waals surface area (Å²) in [5.41, 5.74) is 0. The Morgan fingerprint density at radius 2 is 1.76 bits per heavy atom. The highest BCUT2D eigenvalue weighted by molar-refractivity contribution is 4.82. The predicted molar refractivity (Wildman–Crippen MR) is 72.2 cm³/mol. The van der Waals surface area contributed by atoms with E-state index in [0.29, 0.717) is 12.2 Å². The van der Waals surface area contributed by atoms with Crippen LogP contribution in [0.5, 0.6) is 0 Å². The molecule has 2 aliphatic rings. The molecule has 1 heterocycles. The predicted octanol–water partition coefficient (Wildman–Crippen LogP) is 3.31. The molecule has 1 aliphatic heterocycles. The van der Waals surface area contributed by atoms with E-state index in [1.54, 1.807) is 0 Å². The molecule has 2 nitrogen and oxygen atoms in total. The van der Waals surface area contributed by atoms with Crippen molar-refractivity contribution in [3.8, 4) is 0 Å². The molecule has 2 heteroatoms. The second-order valence-corrected chi connectivity index (χ2v) is 6.40. The average Bonchev–Trinajstić information content (AvgIpc) is 2.24. The number of nitrogens with zero attached hydrogens (tertiary/aromatic N) is 1. The van der Waals surface area contributed by atoms with Gasteiger partial charge in [-0.1, -0.05) is 27.2 Å². The van der Waals surface area contributed by atoms with Gasteiger partial charge in [-0.3, -0.25) is 0 Å². The molecule has 0 unspecified atom stereocenters. The molecule has 0 aromatic heterocycles. The molecule has 1 saturated heterocycles. The largest absolute Gasteiger partial charge is 0.375 e. The Labute approximate surface area is 107 Å². The van der Waals surface area contributed by atoms with Crippen molar-refractivity contribution < 1.29 is 4.74 Å². The van der Waals surface area contributed by atoms with Gasteiger partial charge in [0.05, 0.1) is 12.2 Å². The van der Waals surface area contributed by atoms with E-state index in [4.69, 9.17) is 4.74 Å². The lowest BCUT2D eigenvalue weighted by Gasteiger charge is -2.40. The van der Waals surface area contributed by atoms with Gasteiger partial charge in [-0.2, -0.15) is 0 Å². The molecule has 0 aromatic rings. The molecule has 1 aliphatic carbocycles. The van der Waals surface area contributed by atoms with E-state index in [9.17, 15) is 0 Å². The van der Waals surface area contributed by atoms with Crippen LogP contribution in [-0.4, -0.2) is 36.7 Å². The van der Waals surface area contributed by atoms with Crippen molar-refractivity contribution >= 4 is 0 Å². The quantitative estimate of drug-likeness (QED) is 0.730. The minimum absolute atomic E-state index is 0.557. The zero-order valence-corrected chi connectivity index (χ0v) is 11.8. The Morgan fingerprint density at radius 3 is 2.29 bits per heavy atom. The molecular formula is C15H29NO. The molecular weight excluding hydrogens is 210 g/mol. The first-order valence-corrected chi connectivity index (χ1v) is 7.55. The molecule has 2 fully saturated rings. The zero-order valence-electron chi connectivity index (χ0n) is 11.8. The number of rotatable bonds is 5. The first kappa shape index (κ1) is 13.4. The van der Waals surface area contributed by atoms with Crippen LogP contribution >= 0.6 is 0 Å². The lowest BCUT2D eigenvalue weighted by Crippen LogP contribution is -2.42. The molecule has 0 amide bonds. The van der Waals surface area contributed by atoms with E-state index in [1.807, 2.05) is 0 Å². The summed E-state index contributed by atoms with van der Waals surface area (Å²) in [7, 11) is 0. The standard InChI is InChI=1S/C15H29NO/c1-4-13-9-15(10-13)17-14-5-7-16(8-6-14)11-12(2)3/h12-15H,4-11H2,1-3H3. The van der Waals surface area contributed by atoms with Crippen molar-refractivity contribution in [2.45, 2.75) is 65.1 Å². The first-order chi connectivity index (χ1) is 8.17. The second-order valence-electron chi connectivity index (χ2n) is 6.40. The van der Waals surface area contributed by atoms with Crippen LogP contribution in [0.4, 0.5) is 0 Å². The maximum Gasteiger partial charge on any atom is 0.0603 e. The van der Waals surface area contributed by atoms with Crippen LogP contribution in [0.1, 0.15) is 52.9 Å². The maximum atomic E-state index is 6.19. The number of hydrogen-bond donors (Lipinski definition) is 0. The Hall–Kier alpha value is -0.0800. The fraction of sp³-hybridized carbons (Fsp3) is 1.00. The van der Waals surface area contributed by atoms with Crippen LogP contribution in [0.3, 0.4) is 0 Å². The summed E-state index contributed by atoms with van der Waals surface area (Å²) in [4.78, 5) is 2.60. The van der Waals surface area contributed by atoms with Gasteiger partial charge in [-0.15, -0.1) is 0 Å². The topological polar surface area (TPSA) is 12.5 Å². The van der Waals surface area contributed by atoms with Gasteiger partial charge in [-0.05, 0) is 37.5 Å². The van der Waals surface area contributed by atoms with E-state index < -0.39 is 0 Å². The lowest BCUT2D eigenvalue weighted by molar-refractivity contribution is -0.0945. The molecule has 0 N–H and O–H groups in total. The van der Waals surface area contributed by atoms with Crippen LogP contribution in [0.25, 0.3) is 0 Å². The summed E-state index contributed by atoms with van der Waals surface area (Å²) in [5.74, 6) is 1.76. The summed E-state index contributed by atoms with van der Waals surface area (Å²) < 4.78 is 6.19. The number of hydrogen-bond acceptors (Lipinski definition) is 2. The van der Waals surface area contributed by atoms with Crippen molar-refractivity contribution in [1.29, 1.82) is 0 Å². The summed E-state index contributed by atoms with van der Waals surface area (Å²) in [5, 5.41) is 0. The summed E-state index contributed by atoms with van der Waals surface area (Å²) in [6, 6.07) is 0. The van der Waals surface area contributed by atoms with Gasteiger partial charge in [0.1, 0.15) is 0 Å². The third-order valence-corrected chi connectivity index (χ3v) is 4.31. The first-order valence-electron chi connectivity index (χ1n) is 7.55. The Bertz CT molecular complexity index is 215. The zero-order chi connectivity index (χ0) is 12.3. The Morgan fingerprint density at radius 1 is 1.12 bits per heavy atom. The Kier molecular flexibility index (Phi) is 4.87. The fourth-order valence-corrected chi connectivity index (χ4v) is 3.14. The number of piperidine rings is 1.